The van der Waals surface area contributed by atoms with Crippen molar-refractivity contribution >= 4 is 22.5 Å². The van der Waals surface area contributed by atoms with E-state index >= 15 is 0 Å². The first-order chi connectivity index (χ1) is 6.59. The van der Waals surface area contributed by atoms with Crippen molar-refractivity contribution in [1.82, 2.24) is 4.98 Å². The predicted octanol–water partition coefficient (Wildman–Crippen LogP) is 2.63. The summed E-state index contributed by atoms with van der Waals surface area (Å²) in [5.74, 6) is -0.338. The monoisotopic (exact) mass is 211 g/mol. The summed E-state index contributed by atoms with van der Waals surface area (Å²) in [6.45, 7) is 1.61. The second-order valence-corrected chi connectivity index (χ2v) is 3.52. The fraction of sp³-hybridized carbons (Fsp3) is 0.100. The van der Waals surface area contributed by atoms with Crippen molar-refractivity contribution in [2.24, 2.45) is 0 Å². The van der Waals surface area contributed by atoms with Crippen molar-refractivity contribution in [1.29, 1.82) is 0 Å². The topological polar surface area (TPSA) is 32.9 Å². The van der Waals surface area contributed by atoms with Crippen LogP contribution in [0.2, 0.25) is 5.02 Å². The Morgan fingerprint density at radius 2 is 2.14 bits per heavy atom. The lowest BCUT2D eigenvalue weighted by atomic mass is 10.1. The Bertz CT molecular complexity index is 562. The molecule has 2 nitrogen and oxygen atoms in total. The molecular formula is C10H7ClFNO. The molecule has 0 unspecified atom stereocenters. The van der Waals surface area contributed by atoms with Gasteiger partial charge in [0.25, 0.3) is 0 Å². The molecule has 0 radical (unpaired) electrons. The van der Waals surface area contributed by atoms with Crippen molar-refractivity contribution in [3.63, 3.8) is 0 Å². The number of aromatic nitrogens is 1. The SMILES string of the molecule is Cc1cc2c(=O)c(Cl)c[nH]c2cc1F. The molecule has 2 aromatic rings. The minimum atomic E-state index is -0.338. The molecule has 0 atom stereocenters. The maximum atomic E-state index is 13.1. The summed E-state index contributed by atoms with van der Waals surface area (Å²) in [5.41, 5.74) is 0.622. The highest BCUT2D eigenvalue weighted by atomic mass is 35.5. The van der Waals surface area contributed by atoms with E-state index < -0.39 is 0 Å². The summed E-state index contributed by atoms with van der Waals surface area (Å²) < 4.78 is 13.1. The average molecular weight is 212 g/mol. The van der Waals surface area contributed by atoms with E-state index in [2.05, 4.69) is 4.98 Å². The van der Waals surface area contributed by atoms with E-state index in [1.165, 1.54) is 18.3 Å². The first-order valence-corrected chi connectivity index (χ1v) is 4.44. The van der Waals surface area contributed by atoms with Gasteiger partial charge in [-0.1, -0.05) is 11.6 Å². The zero-order valence-corrected chi connectivity index (χ0v) is 8.15. The highest BCUT2D eigenvalue weighted by molar-refractivity contribution is 6.31. The number of fused-ring (bicyclic) bond motifs is 1. The molecular weight excluding hydrogens is 205 g/mol. The Labute approximate surface area is 84.3 Å². The molecule has 1 aromatic carbocycles. The van der Waals surface area contributed by atoms with Crippen LogP contribution in [0.1, 0.15) is 5.56 Å². The number of nitrogens with one attached hydrogen (secondary N) is 1. The highest BCUT2D eigenvalue weighted by Crippen LogP contribution is 2.15. The minimum absolute atomic E-state index is 0.114. The molecule has 72 valence electrons. The maximum absolute atomic E-state index is 13.1. The Hall–Kier alpha value is -1.35. The molecule has 2 rings (SSSR count). The van der Waals surface area contributed by atoms with Crippen LogP contribution in [0.15, 0.2) is 23.1 Å². The lowest BCUT2D eigenvalue weighted by Crippen LogP contribution is -2.03. The van der Waals surface area contributed by atoms with Gasteiger partial charge in [0.15, 0.2) is 0 Å². The molecule has 0 fully saturated rings. The van der Waals surface area contributed by atoms with Crippen LogP contribution in [0.4, 0.5) is 4.39 Å². The highest BCUT2D eigenvalue weighted by Gasteiger charge is 2.06. The fourth-order valence-corrected chi connectivity index (χ4v) is 1.48. The third-order valence-electron chi connectivity index (χ3n) is 2.11. The van der Waals surface area contributed by atoms with Crippen LogP contribution in [0.3, 0.4) is 0 Å². The lowest BCUT2D eigenvalue weighted by molar-refractivity contribution is 0.620. The third-order valence-corrected chi connectivity index (χ3v) is 2.40. The number of aryl methyl sites for hydroxylation is 1. The summed E-state index contributed by atoms with van der Waals surface area (Å²) in [6, 6.07) is 2.79. The quantitative estimate of drug-likeness (QED) is 0.714. The average Bonchev–Trinajstić information content (AvgIpc) is 2.15. The van der Waals surface area contributed by atoms with Gasteiger partial charge >= 0.3 is 0 Å². The van der Waals surface area contributed by atoms with E-state index in [-0.39, 0.29) is 16.3 Å². The van der Waals surface area contributed by atoms with E-state index in [1.54, 1.807) is 6.92 Å². The summed E-state index contributed by atoms with van der Waals surface area (Å²) in [6.07, 6.45) is 1.36. The van der Waals surface area contributed by atoms with Gasteiger partial charge in [0.2, 0.25) is 5.43 Å². The standard InChI is InChI=1S/C10H7ClFNO/c1-5-2-6-9(3-8(5)12)13-4-7(11)10(6)14/h2-4H,1H3,(H,13,14). The summed E-state index contributed by atoms with van der Waals surface area (Å²) in [4.78, 5) is 14.3. The van der Waals surface area contributed by atoms with Crippen molar-refractivity contribution < 1.29 is 4.39 Å². The van der Waals surface area contributed by atoms with E-state index in [0.717, 1.165) is 0 Å². The first kappa shape index (κ1) is 9.21. The van der Waals surface area contributed by atoms with E-state index in [1.807, 2.05) is 0 Å². The van der Waals surface area contributed by atoms with Gasteiger partial charge in [-0.2, -0.15) is 0 Å². The molecule has 1 heterocycles. The summed E-state index contributed by atoms with van der Waals surface area (Å²) in [5, 5.41) is 0.528. The molecule has 0 amide bonds. The molecule has 1 N–H and O–H groups in total. The number of rotatable bonds is 0. The number of hydrogen-bond acceptors (Lipinski definition) is 1. The normalized spacial score (nSPS) is 10.8. The van der Waals surface area contributed by atoms with E-state index in [4.69, 9.17) is 11.6 Å². The Morgan fingerprint density at radius 3 is 2.86 bits per heavy atom. The fourth-order valence-electron chi connectivity index (χ4n) is 1.32. The molecule has 0 saturated carbocycles. The van der Waals surface area contributed by atoms with Crippen molar-refractivity contribution in [3.8, 4) is 0 Å². The number of hydrogen-bond donors (Lipinski definition) is 1. The zero-order chi connectivity index (χ0) is 10.3. The second kappa shape index (κ2) is 3.10. The van der Waals surface area contributed by atoms with E-state index in [0.29, 0.717) is 16.5 Å². The number of pyridine rings is 1. The summed E-state index contributed by atoms with van der Waals surface area (Å²) >= 11 is 5.64. The smallest absolute Gasteiger partial charge is 0.207 e. The van der Waals surface area contributed by atoms with Crippen LogP contribution in [0.5, 0.6) is 0 Å². The Morgan fingerprint density at radius 1 is 1.43 bits per heavy atom. The van der Waals surface area contributed by atoms with Crippen LogP contribution < -0.4 is 5.43 Å². The van der Waals surface area contributed by atoms with Gasteiger partial charge < -0.3 is 4.98 Å². The van der Waals surface area contributed by atoms with Gasteiger partial charge in [-0.25, -0.2) is 4.39 Å². The van der Waals surface area contributed by atoms with Crippen molar-refractivity contribution in [3.05, 3.63) is 45.0 Å². The molecule has 0 aliphatic rings. The van der Waals surface area contributed by atoms with Gasteiger partial charge in [0.1, 0.15) is 10.8 Å². The minimum Gasteiger partial charge on any atom is -0.359 e. The summed E-state index contributed by atoms with van der Waals surface area (Å²) in [7, 11) is 0. The molecule has 0 saturated heterocycles. The van der Waals surface area contributed by atoms with Crippen molar-refractivity contribution in [2.45, 2.75) is 6.92 Å². The molecule has 4 heteroatoms. The molecule has 0 aliphatic carbocycles. The van der Waals surface area contributed by atoms with Crippen molar-refractivity contribution in [2.75, 3.05) is 0 Å². The first-order valence-electron chi connectivity index (χ1n) is 4.06. The van der Waals surface area contributed by atoms with Gasteiger partial charge in [-0.3, -0.25) is 4.79 Å². The maximum Gasteiger partial charge on any atom is 0.207 e. The second-order valence-electron chi connectivity index (χ2n) is 3.11. The predicted molar refractivity (Wildman–Crippen MR) is 54.3 cm³/mol. The van der Waals surface area contributed by atoms with Gasteiger partial charge in [-0.15, -0.1) is 0 Å². The zero-order valence-electron chi connectivity index (χ0n) is 7.40. The molecule has 14 heavy (non-hydrogen) atoms. The molecule has 0 aliphatic heterocycles. The largest absolute Gasteiger partial charge is 0.359 e. The van der Waals surface area contributed by atoms with Crippen LogP contribution in [-0.2, 0) is 0 Å². The molecule has 1 aromatic heterocycles. The van der Waals surface area contributed by atoms with Crippen LogP contribution in [-0.4, -0.2) is 4.98 Å². The van der Waals surface area contributed by atoms with Gasteiger partial charge in [0, 0.05) is 11.6 Å². The molecule has 0 spiro atoms. The van der Waals surface area contributed by atoms with Crippen LogP contribution >= 0.6 is 11.6 Å². The number of benzene rings is 1. The number of H-pyrrole nitrogens is 1. The third kappa shape index (κ3) is 1.30. The van der Waals surface area contributed by atoms with Crippen LogP contribution in [0.25, 0.3) is 10.9 Å². The van der Waals surface area contributed by atoms with E-state index in [9.17, 15) is 9.18 Å². The lowest BCUT2D eigenvalue weighted by Gasteiger charge is -2.01. The van der Waals surface area contributed by atoms with Gasteiger partial charge in [0.05, 0.1) is 5.52 Å². The Balaban J connectivity index is 2.97. The van der Waals surface area contributed by atoms with Gasteiger partial charge in [-0.05, 0) is 24.6 Å². The number of aromatic amines is 1. The Kier molecular flexibility index (Phi) is 2.04. The molecule has 0 bridgehead atoms. The number of halogens is 2. The van der Waals surface area contributed by atoms with Crippen LogP contribution in [0, 0.1) is 12.7 Å².